The minimum Gasteiger partial charge on any atom is -0.464 e. The Kier molecular flexibility index (Phi) is 3.13. The number of carbonyl (C=O) groups excluding carboxylic acids is 2. The average molecular weight is 233 g/mol. The molecule has 0 spiro atoms. The van der Waals surface area contributed by atoms with Gasteiger partial charge in [-0.05, 0) is 18.9 Å². The number of carbonyl (C=O) groups is 2. The molecule has 1 amide bonds. The summed E-state index contributed by atoms with van der Waals surface area (Å²) in [6, 6.07) is 9.24. The van der Waals surface area contributed by atoms with Crippen molar-refractivity contribution in [1.82, 2.24) is 5.32 Å². The zero-order valence-electron chi connectivity index (χ0n) is 9.73. The van der Waals surface area contributed by atoms with Gasteiger partial charge in [0.1, 0.15) is 0 Å². The zero-order valence-corrected chi connectivity index (χ0v) is 9.73. The Morgan fingerprint density at radius 1 is 1.41 bits per heavy atom. The molecule has 1 N–H and O–H groups in total. The average Bonchev–Trinajstić information content (AvgIpc) is 2.74. The number of esters is 1. The highest BCUT2D eigenvalue weighted by Crippen LogP contribution is 2.32. The smallest absolute Gasteiger partial charge is 0.336 e. The number of hydrogen-bond donors (Lipinski definition) is 1. The van der Waals surface area contributed by atoms with E-state index in [2.05, 4.69) is 5.32 Å². The van der Waals surface area contributed by atoms with Crippen LogP contribution in [0.3, 0.4) is 0 Å². The van der Waals surface area contributed by atoms with Crippen LogP contribution in [0.4, 0.5) is 0 Å². The molecule has 1 fully saturated rings. The number of hydrogen-bond acceptors (Lipinski definition) is 3. The van der Waals surface area contributed by atoms with Crippen molar-refractivity contribution in [3.63, 3.8) is 0 Å². The minimum absolute atomic E-state index is 0.109. The van der Waals surface area contributed by atoms with E-state index in [1.54, 1.807) is 6.92 Å². The van der Waals surface area contributed by atoms with Crippen LogP contribution in [-0.4, -0.2) is 18.5 Å². The largest absolute Gasteiger partial charge is 0.464 e. The Morgan fingerprint density at radius 3 is 2.65 bits per heavy atom. The SMILES string of the molecule is CCOC(=O)C1(c2ccccc2)CCC(=O)N1. The van der Waals surface area contributed by atoms with E-state index >= 15 is 0 Å². The highest BCUT2D eigenvalue weighted by atomic mass is 16.5. The number of rotatable bonds is 3. The van der Waals surface area contributed by atoms with Crippen LogP contribution in [0.2, 0.25) is 0 Å². The summed E-state index contributed by atoms with van der Waals surface area (Å²) in [7, 11) is 0. The van der Waals surface area contributed by atoms with E-state index in [0.29, 0.717) is 19.4 Å². The Morgan fingerprint density at radius 2 is 2.12 bits per heavy atom. The molecule has 1 aromatic carbocycles. The molecule has 0 bridgehead atoms. The van der Waals surface area contributed by atoms with Gasteiger partial charge in [0.15, 0.2) is 5.54 Å². The van der Waals surface area contributed by atoms with Gasteiger partial charge in [-0.2, -0.15) is 0 Å². The standard InChI is InChI=1S/C13H15NO3/c1-2-17-12(16)13(9-8-11(15)14-13)10-6-4-3-5-7-10/h3-7H,2,8-9H2,1H3,(H,14,15). The third-order valence-corrected chi connectivity index (χ3v) is 2.97. The molecule has 90 valence electrons. The fraction of sp³-hybridized carbons (Fsp3) is 0.385. The van der Waals surface area contributed by atoms with E-state index in [1.807, 2.05) is 30.3 Å². The van der Waals surface area contributed by atoms with Crippen LogP contribution >= 0.6 is 0 Å². The first-order chi connectivity index (χ1) is 8.19. The van der Waals surface area contributed by atoms with E-state index in [4.69, 9.17) is 4.74 Å². The van der Waals surface area contributed by atoms with Gasteiger partial charge in [-0.1, -0.05) is 30.3 Å². The van der Waals surface area contributed by atoms with Crippen molar-refractivity contribution in [2.75, 3.05) is 6.61 Å². The second kappa shape index (κ2) is 4.57. The normalized spacial score (nSPS) is 23.2. The summed E-state index contributed by atoms with van der Waals surface area (Å²) >= 11 is 0. The molecular weight excluding hydrogens is 218 g/mol. The van der Waals surface area contributed by atoms with Crippen LogP contribution in [0.15, 0.2) is 30.3 Å². The molecule has 1 heterocycles. The summed E-state index contributed by atoms with van der Waals surface area (Å²) in [5.41, 5.74) is -0.210. The van der Waals surface area contributed by atoms with E-state index in [9.17, 15) is 9.59 Å². The molecule has 0 aromatic heterocycles. The molecule has 1 aliphatic heterocycles. The first-order valence-electron chi connectivity index (χ1n) is 5.73. The molecule has 17 heavy (non-hydrogen) atoms. The van der Waals surface area contributed by atoms with E-state index in [-0.39, 0.29) is 11.9 Å². The predicted octanol–water partition coefficient (Wildman–Crippen LogP) is 1.35. The Balaban J connectivity index is 2.38. The van der Waals surface area contributed by atoms with Crippen molar-refractivity contribution in [2.24, 2.45) is 0 Å². The van der Waals surface area contributed by atoms with Crippen molar-refractivity contribution >= 4 is 11.9 Å². The Labute approximate surface area is 100.0 Å². The second-order valence-electron chi connectivity index (χ2n) is 4.04. The molecule has 1 aliphatic rings. The van der Waals surface area contributed by atoms with Gasteiger partial charge in [0.2, 0.25) is 5.91 Å². The maximum absolute atomic E-state index is 12.1. The van der Waals surface area contributed by atoms with Gasteiger partial charge in [-0.25, -0.2) is 4.79 Å². The predicted molar refractivity (Wildman–Crippen MR) is 62.1 cm³/mol. The van der Waals surface area contributed by atoms with E-state index < -0.39 is 5.54 Å². The molecule has 2 rings (SSSR count). The topological polar surface area (TPSA) is 55.4 Å². The first-order valence-corrected chi connectivity index (χ1v) is 5.73. The van der Waals surface area contributed by atoms with Gasteiger partial charge in [-0.15, -0.1) is 0 Å². The van der Waals surface area contributed by atoms with E-state index in [1.165, 1.54) is 0 Å². The van der Waals surface area contributed by atoms with E-state index in [0.717, 1.165) is 5.56 Å². The zero-order chi connectivity index (χ0) is 12.3. The van der Waals surface area contributed by atoms with Gasteiger partial charge in [0.05, 0.1) is 6.61 Å². The highest BCUT2D eigenvalue weighted by molar-refractivity contribution is 5.92. The summed E-state index contributed by atoms with van der Waals surface area (Å²) < 4.78 is 5.08. The number of nitrogens with one attached hydrogen (secondary N) is 1. The van der Waals surface area contributed by atoms with Crippen molar-refractivity contribution in [1.29, 1.82) is 0 Å². The molecule has 1 atom stereocenters. The van der Waals surface area contributed by atoms with Crippen molar-refractivity contribution in [2.45, 2.75) is 25.3 Å². The molecule has 1 saturated heterocycles. The second-order valence-corrected chi connectivity index (χ2v) is 4.04. The lowest BCUT2D eigenvalue weighted by Gasteiger charge is -2.26. The summed E-state index contributed by atoms with van der Waals surface area (Å²) in [5, 5.41) is 2.75. The number of amides is 1. The molecule has 0 radical (unpaired) electrons. The third-order valence-electron chi connectivity index (χ3n) is 2.97. The molecule has 4 heteroatoms. The number of ether oxygens (including phenoxy) is 1. The maximum atomic E-state index is 12.1. The summed E-state index contributed by atoms with van der Waals surface area (Å²) in [4.78, 5) is 23.5. The van der Waals surface area contributed by atoms with Crippen LogP contribution in [-0.2, 0) is 19.9 Å². The lowest BCUT2D eigenvalue weighted by Crippen LogP contribution is -2.47. The Hall–Kier alpha value is -1.84. The molecule has 1 aromatic rings. The molecule has 0 saturated carbocycles. The van der Waals surface area contributed by atoms with Gasteiger partial charge >= 0.3 is 5.97 Å². The maximum Gasteiger partial charge on any atom is 0.336 e. The minimum atomic E-state index is -0.992. The van der Waals surface area contributed by atoms with Crippen molar-refractivity contribution in [3.05, 3.63) is 35.9 Å². The van der Waals surface area contributed by atoms with Crippen molar-refractivity contribution < 1.29 is 14.3 Å². The monoisotopic (exact) mass is 233 g/mol. The van der Waals surface area contributed by atoms with Gasteiger partial charge in [0.25, 0.3) is 0 Å². The van der Waals surface area contributed by atoms with Crippen molar-refractivity contribution in [3.8, 4) is 0 Å². The van der Waals surface area contributed by atoms with Gasteiger partial charge in [-0.3, -0.25) is 4.79 Å². The first kappa shape index (κ1) is 11.6. The molecule has 0 aliphatic carbocycles. The molecular formula is C13H15NO3. The van der Waals surface area contributed by atoms with Crippen LogP contribution < -0.4 is 5.32 Å². The summed E-state index contributed by atoms with van der Waals surface area (Å²) in [5.74, 6) is -0.487. The van der Waals surface area contributed by atoms with Crippen LogP contribution in [0, 0.1) is 0 Å². The summed E-state index contributed by atoms with van der Waals surface area (Å²) in [6.07, 6.45) is 0.808. The fourth-order valence-corrected chi connectivity index (χ4v) is 2.13. The third kappa shape index (κ3) is 2.02. The van der Waals surface area contributed by atoms with Gasteiger partial charge in [0, 0.05) is 6.42 Å². The lowest BCUT2D eigenvalue weighted by molar-refractivity contribution is -0.152. The number of benzene rings is 1. The molecule has 1 unspecified atom stereocenters. The lowest BCUT2D eigenvalue weighted by atomic mass is 9.88. The van der Waals surface area contributed by atoms with Crippen LogP contribution in [0.25, 0.3) is 0 Å². The fourth-order valence-electron chi connectivity index (χ4n) is 2.13. The van der Waals surface area contributed by atoms with Gasteiger partial charge < -0.3 is 10.1 Å². The molecule has 4 nitrogen and oxygen atoms in total. The van der Waals surface area contributed by atoms with Crippen LogP contribution in [0.5, 0.6) is 0 Å². The Bertz CT molecular complexity index is 430. The highest BCUT2D eigenvalue weighted by Gasteiger charge is 2.47. The summed E-state index contributed by atoms with van der Waals surface area (Å²) in [6.45, 7) is 2.07. The quantitative estimate of drug-likeness (QED) is 0.802. The van der Waals surface area contributed by atoms with Crippen LogP contribution in [0.1, 0.15) is 25.3 Å².